The topological polar surface area (TPSA) is 55.6 Å². The molecule has 2 aromatic heterocycles. The zero-order chi connectivity index (χ0) is 12.4. The lowest BCUT2D eigenvalue weighted by atomic mass is 10.2. The maximum atomic E-state index is 4.51. The molecule has 90 valence electrons. The van der Waals surface area contributed by atoms with Crippen LogP contribution in [0.15, 0.2) is 12.3 Å². The van der Waals surface area contributed by atoms with Crippen molar-refractivity contribution in [1.29, 1.82) is 0 Å². The number of aryl methyl sites for hydroxylation is 2. The van der Waals surface area contributed by atoms with Crippen LogP contribution in [0.4, 0.5) is 5.82 Å². The summed E-state index contributed by atoms with van der Waals surface area (Å²) in [6, 6.07) is 1.92. The molecule has 0 spiro atoms. The summed E-state index contributed by atoms with van der Waals surface area (Å²) >= 11 is 0. The van der Waals surface area contributed by atoms with E-state index in [1.807, 2.05) is 33.2 Å². The molecule has 2 aromatic rings. The minimum Gasteiger partial charge on any atom is -0.370 e. The van der Waals surface area contributed by atoms with Gasteiger partial charge in [0.25, 0.3) is 0 Å². The molecule has 5 heteroatoms. The van der Waals surface area contributed by atoms with Crippen LogP contribution in [0.3, 0.4) is 0 Å². The predicted molar refractivity (Wildman–Crippen MR) is 67.9 cm³/mol. The van der Waals surface area contributed by atoms with Crippen molar-refractivity contribution < 1.29 is 0 Å². The Kier molecular flexibility index (Phi) is 3.08. The second kappa shape index (κ2) is 4.53. The fourth-order valence-electron chi connectivity index (χ4n) is 1.62. The highest BCUT2D eigenvalue weighted by Crippen LogP contribution is 2.19. The van der Waals surface area contributed by atoms with Crippen molar-refractivity contribution in [2.75, 3.05) is 11.9 Å². The van der Waals surface area contributed by atoms with E-state index in [1.165, 1.54) is 0 Å². The van der Waals surface area contributed by atoms with Crippen LogP contribution in [0.2, 0.25) is 0 Å². The van der Waals surface area contributed by atoms with Crippen molar-refractivity contribution in [3.8, 4) is 11.5 Å². The molecule has 0 aliphatic rings. The summed E-state index contributed by atoms with van der Waals surface area (Å²) in [6.45, 7) is 6.91. The number of hydrogen-bond donors (Lipinski definition) is 1. The highest BCUT2D eigenvalue weighted by Gasteiger charge is 2.10. The number of nitrogens with zero attached hydrogens (tertiary/aromatic N) is 4. The van der Waals surface area contributed by atoms with Crippen molar-refractivity contribution >= 4 is 5.82 Å². The van der Waals surface area contributed by atoms with Crippen LogP contribution in [0, 0.1) is 13.8 Å². The second-order valence-corrected chi connectivity index (χ2v) is 4.01. The molecule has 0 amide bonds. The van der Waals surface area contributed by atoms with E-state index in [0.29, 0.717) is 5.82 Å². The van der Waals surface area contributed by atoms with E-state index in [2.05, 4.69) is 27.3 Å². The van der Waals surface area contributed by atoms with Gasteiger partial charge < -0.3 is 5.32 Å². The van der Waals surface area contributed by atoms with Gasteiger partial charge in [-0.1, -0.05) is 0 Å². The monoisotopic (exact) mass is 231 g/mol. The largest absolute Gasteiger partial charge is 0.370 e. The van der Waals surface area contributed by atoms with Gasteiger partial charge in [-0.05, 0) is 26.8 Å². The quantitative estimate of drug-likeness (QED) is 0.877. The Hall–Kier alpha value is -1.91. The Morgan fingerprint density at radius 1 is 1.29 bits per heavy atom. The van der Waals surface area contributed by atoms with Gasteiger partial charge in [0.1, 0.15) is 11.5 Å². The third-order valence-corrected chi connectivity index (χ3v) is 2.68. The molecule has 1 N–H and O–H groups in total. The lowest BCUT2D eigenvalue weighted by Crippen LogP contribution is -2.06. The molecule has 0 radical (unpaired) electrons. The highest BCUT2D eigenvalue weighted by atomic mass is 15.3. The van der Waals surface area contributed by atoms with Gasteiger partial charge in [0, 0.05) is 31.0 Å². The first-order chi connectivity index (χ1) is 8.11. The van der Waals surface area contributed by atoms with E-state index in [0.717, 1.165) is 29.3 Å². The Balaban J connectivity index is 2.48. The van der Waals surface area contributed by atoms with E-state index in [1.54, 1.807) is 4.68 Å². The molecule has 0 bridgehead atoms. The fourth-order valence-corrected chi connectivity index (χ4v) is 1.62. The van der Waals surface area contributed by atoms with Crippen LogP contribution in [0.5, 0.6) is 0 Å². The summed E-state index contributed by atoms with van der Waals surface area (Å²) < 4.78 is 1.75. The average Bonchev–Trinajstić information content (AvgIpc) is 2.71. The fraction of sp³-hybridized carbons (Fsp3) is 0.417. The first kappa shape index (κ1) is 11.6. The standard InChI is InChI=1S/C12H17N5/c1-5-13-11-8(2)9(3)14-12(15-11)10-6-7-17(4)16-10/h6-7H,5H2,1-4H3,(H,13,14,15). The smallest absolute Gasteiger partial charge is 0.182 e. The summed E-state index contributed by atoms with van der Waals surface area (Å²) in [7, 11) is 1.88. The minimum atomic E-state index is 0.671. The molecular weight excluding hydrogens is 214 g/mol. The third kappa shape index (κ3) is 2.27. The highest BCUT2D eigenvalue weighted by molar-refractivity contribution is 5.55. The molecule has 0 aliphatic heterocycles. The normalized spacial score (nSPS) is 10.6. The van der Waals surface area contributed by atoms with Crippen molar-refractivity contribution in [3.05, 3.63) is 23.5 Å². The molecule has 0 aliphatic carbocycles. The summed E-state index contributed by atoms with van der Waals surface area (Å²) in [5.41, 5.74) is 2.87. The van der Waals surface area contributed by atoms with Gasteiger partial charge in [0.05, 0.1) is 0 Å². The van der Waals surface area contributed by atoms with Gasteiger partial charge in [0.15, 0.2) is 5.82 Å². The summed E-state index contributed by atoms with van der Waals surface area (Å²) in [4.78, 5) is 8.98. The number of hydrogen-bond acceptors (Lipinski definition) is 4. The van der Waals surface area contributed by atoms with E-state index in [4.69, 9.17) is 0 Å². The SMILES string of the molecule is CCNc1nc(-c2ccn(C)n2)nc(C)c1C. The van der Waals surface area contributed by atoms with Gasteiger partial charge in [-0.15, -0.1) is 0 Å². The molecule has 0 unspecified atom stereocenters. The molecule has 2 rings (SSSR count). The maximum Gasteiger partial charge on any atom is 0.182 e. The maximum absolute atomic E-state index is 4.51. The van der Waals surface area contributed by atoms with E-state index in [9.17, 15) is 0 Å². The first-order valence-electron chi connectivity index (χ1n) is 5.71. The zero-order valence-electron chi connectivity index (χ0n) is 10.7. The van der Waals surface area contributed by atoms with Crippen LogP contribution >= 0.6 is 0 Å². The summed E-state index contributed by atoms with van der Waals surface area (Å²) in [6.07, 6.45) is 1.89. The van der Waals surface area contributed by atoms with E-state index >= 15 is 0 Å². The minimum absolute atomic E-state index is 0.671. The van der Waals surface area contributed by atoms with Gasteiger partial charge in [0.2, 0.25) is 0 Å². The summed E-state index contributed by atoms with van der Waals surface area (Å²) in [5, 5.41) is 7.56. The molecule has 2 heterocycles. The number of rotatable bonds is 3. The summed E-state index contributed by atoms with van der Waals surface area (Å²) in [5.74, 6) is 1.56. The number of anilines is 1. The third-order valence-electron chi connectivity index (χ3n) is 2.68. The van der Waals surface area contributed by atoms with E-state index in [-0.39, 0.29) is 0 Å². The lowest BCUT2D eigenvalue weighted by molar-refractivity contribution is 0.768. The van der Waals surface area contributed by atoms with Crippen LogP contribution in [-0.4, -0.2) is 26.3 Å². The van der Waals surface area contributed by atoms with Gasteiger partial charge in [-0.3, -0.25) is 4.68 Å². The second-order valence-electron chi connectivity index (χ2n) is 4.01. The average molecular weight is 231 g/mol. The number of nitrogens with one attached hydrogen (secondary N) is 1. The Morgan fingerprint density at radius 2 is 2.06 bits per heavy atom. The van der Waals surface area contributed by atoms with Crippen molar-refractivity contribution in [2.24, 2.45) is 7.05 Å². The zero-order valence-corrected chi connectivity index (χ0v) is 10.7. The molecule has 0 saturated heterocycles. The number of aromatic nitrogens is 4. The Labute approximate surface area is 101 Å². The van der Waals surface area contributed by atoms with Gasteiger partial charge in [-0.25, -0.2) is 9.97 Å². The van der Waals surface area contributed by atoms with Crippen LogP contribution in [-0.2, 0) is 7.05 Å². The molecule has 0 aromatic carbocycles. The molecule has 0 fully saturated rings. The van der Waals surface area contributed by atoms with E-state index < -0.39 is 0 Å². The van der Waals surface area contributed by atoms with Crippen molar-refractivity contribution in [3.63, 3.8) is 0 Å². The van der Waals surface area contributed by atoms with Gasteiger partial charge in [-0.2, -0.15) is 5.10 Å². The lowest BCUT2D eigenvalue weighted by Gasteiger charge is -2.09. The molecular formula is C12H17N5. The predicted octanol–water partition coefficient (Wildman–Crippen LogP) is 1.93. The first-order valence-corrected chi connectivity index (χ1v) is 5.71. The Bertz CT molecular complexity index is 530. The van der Waals surface area contributed by atoms with Crippen LogP contribution < -0.4 is 5.32 Å². The molecule has 0 saturated carbocycles. The van der Waals surface area contributed by atoms with Crippen molar-refractivity contribution in [1.82, 2.24) is 19.7 Å². The molecule has 0 atom stereocenters. The molecule has 5 nitrogen and oxygen atoms in total. The molecule has 17 heavy (non-hydrogen) atoms. The van der Waals surface area contributed by atoms with Gasteiger partial charge >= 0.3 is 0 Å². The van der Waals surface area contributed by atoms with Crippen LogP contribution in [0.25, 0.3) is 11.5 Å². The Morgan fingerprint density at radius 3 is 2.65 bits per heavy atom. The van der Waals surface area contributed by atoms with Crippen LogP contribution in [0.1, 0.15) is 18.2 Å². The van der Waals surface area contributed by atoms with Crippen molar-refractivity contribution in [2.45, 2.75) is 20.8 Å².